The van der Waals surface area contributed by atoms with Crippen LogP contribution < -0.4 is 9.64 Å². The third kappa shape index (κ3) is 6.57. The lowest BCUT2D eigenvalue weighted by Gasteiger charge is -2.33. The number of aromatic nitrogens is 1. The predicted molar refractivity (Wildman–Crippen MR) is 124 cm³/mol. The molecule has 0 N–H and O–H groups in total. The van der Waals surface area contributed by atoms with E-state index in [2.05, 4.69) is 34.0 Å². The summed E-state index contributed by atoms with van der Waals surface area (Å²) in [4.78, 5) is 12.7. The van der Waals surface area contributed by atoms with Crippen LogP contribution in [0.1, 0.15) is 23.3 Å². The molecule has 1 saturated heterocycles. The second-order valence-corrected chi connectivity index (χ2v) is 9.60. The topological polar surface area (TPSA) is 31.8 Å². The Hall–Kier alpha value is -1.34. The molecule has 3 rings (SSSR count). The molecular formula is C22H33ClN4OS. The van der Waals surface area contributed by atoms with Gasteiger partial charge >= 0.3 is 0 Å². The standard InChI is InChI=1S/C22H33ClN4OS/c1-25(2)22-24-21(23)20(29-22)16-27(15-18-9-12-26(3)13-10-18)14-11-17-5-7-19(28-4)8-6-17/h5-8,18H,9-16H2,1-4H3. The molecule has 1 fully saturated rings. The number of likely N-dealkylation sites (tertiary alicyclic amines) is 1. The van der Waals surface area contributed by atoms with Gasteiger partial charge < -0.3 is 14.5 Å². The number of methoxy groups -OCH3 is 1. The monoisotopic (exact) mass is 436 g/mol. The van der Waals surface area contributed by atoms with Crippen LogP contribution in [0, 0.1) is 5.92 Å². The van der Waals surface area contributed by atoms with Crippen molar-refractivity contribution in [2.45, 2.75) is 25.8 Å². The van der Waals surface area contributed by atoms with Crippen molar-refractivity contribution in [3.63, 3.8) is 0 Å². The summed E-state index contributed by atoms with van der Waals surface area (Å²) in [6, 6.07) is 8.41. The number of piperidine rings is 1. The second kappa shape index (κ2) is 10.6. The van der Waals surface area contributed by atoms with E-state index in [1.165, 1.54) is 31.5 Å². The summed E-state index contributed by atoms with van der Waals surface area (Å²) < 4.78 is 5.28. The number of hydrogen-bond donors (Lipinski definition) is 0. The van der Waals surface area contributed by atoms with Crippen LogP contribution in [0.2, 0.25) is 5.15 Å². The largest absolute Gasteiger partial charge is 0.497 e. The highest BCUT2D eigenvalue weighted by Gasteiger charge is 2.21. The van der Waals surface area contributed by atoms with Crippen LogP contribution in [-0.2, 0) is 13.0 Å². The van der Waals surface area contributed by atoms with E-state index in [9.17, 15) is 0 Å². The maximum atomic E-state index is 6.47. The summed E-state index contributed by atoms with van der Waals surface area (Å²) in [5, 5.41) is 1.62. The fourth-order valence-corrected chi connectivity index (χ4v) is 4.96. The lowest BCUT2D eigenvalue weighted by molar-refractivity contribution is 0.157. The number of thiazole rings is 1. The lowest BCUT2D eigenvalue weighted by Crippen LogP contribution is -2.37. The first-order valence-corrected chi connectivity index (χ1v) is 11.5. The number of anilines is 1. The van der Waals surface area contributed by atoms with Crippen molar-refractivity contribution in [3.8, 4) is 5.75 Å². The van der Waals surface area contributed by atoms with E-state index >= 15 is 0 Å². The maximum absolute atomic E-state index is 6.47. The van der Waals surface area contributed by atoms with E-state index < -0.39 is 0 Å². The summed E-state index contributed by atoms with van der Waals surface area (Å²) in [6.07, 6.45) is 3.57. The number of benzene rings is 1. The number of rotatable bonds is 9. The van der Waals surface area contributed by atoms with Gasteiger partial charge in [0.2, 0.25) is 0 Å². The molecule has 1 aromatic heterocycles. The number of ether oxygens (including phenoxy) is 1. The molecule has 0 bridgehead atoms. The van der Waals surface area contributed by atoms with Gasteiger partial charge in [-0.05, 0) is 63.0 Å². The van der Waals surface area contributed by atoms with Crippen molar-refractivity contribution in [1.82, 2.24) is 14.8 Å². The van der Waals surface area contributed by atoms with Gasteiger partial charge in [0.25, 0.3) is 0 Å². The molecule has 1 aliphatic heterocycles. The average Bonchev–Trinajstić information content (AvgIpc) is 3.09. The first-order chi connectivity index (χ1) is 13.9. The van der Waals surface area contributed by atoms with Gasteiger partial charge in [0.15, 0.2) is 5.13 Å². The summed E-state index contributed by atoms with van der Waals surface area (Å²) in [5.74, 6) is 1.66. The Labute approximate surface area is 184 Å². The van der Waals surface area contributed by atoms with E-state index in [0.29, 0.717) is 5.15 Å². The SMILES string of the molecule is COc1ccc(CCN(Cc2sc(N(C)C)nc2Cl)CC2CCN(C)CC2)cc1. The molecule has 7 heteroatoms. The van der Waals surface area contributed by atoms with Gasteiger partial charge in [0, 0.05) is 33.7 Å². The number of hydrogen-bond acceptors (Lipinski definition) is 6. The van der Waals surface area contributed by atoms with Crippen LogP contribution in [0.5, 0.6) is 5.75 Å². The highest BCUT2D eigenvalue weighted by Crippen LogP contribution is 2.30. The third-order valence-corrected chi connectivity index (χ3v) is 7.25. The molecular weight excluding hydrogens is 404 g/mol. The Kier molecular flexibility index (Phi) is 8.18. The van der Waals surface area contributed by atoms with Crippen LogP contribution in [0.25, 0.3) is 0 Å². The minimum atomic E-state index is 0.650. The molecule has 160 valence electrons. The molecule has 1 aromatic carbocycles. The molecule has 0 aliphatic carbocycles. The van der Waals surface area contributed by atoms with E-state index in [-0.39, 0.29) is 0 Å². The summed E-state index contributed by atoms with van der Waals surface area (Å²) in [5.41, 5.74) is 1.34. The van der Waals surface area contributed by atoms with Crippen molar-refractivity contribution in [1.29, 1.82) is 0 Å². The van der Waals surface area contributed by atoms with Crippen molar-refractivity contribution in [2.75, 3.05) is 59.3 Å². The van der Waals surface area contributed by atoms with E-state index in [4.69, 9.17) is 16.3 Å². The highest BCUT2D eigenvalue weighted by molar-refractivity contribution is 7.16. The molecule has 29 heavy (non-hydrogen) atoms. The summed E-state index contributed by atoms with van der Waals surface area (Å²) in [7, 11) is 7.95. The third-order valence-electron chi connectivity index (χ3n) is 5.62. The molecule has 0 atom stereocenters. The lowest BCUT2D eigenvalue weighted by atomic mass is 9.96. The fraction of sp³-hybridized carbons (Fsp3) is 0.591. The van der Waals surface area contributed by atoms with Crippen LogP contribution >= 0.6 is 22.9 Å². The van der Waals surface area contributed by atoms with Gasteiger partial charge in [-0.25, -0.2) is 4.98 Å². The maximum Gasteiger partial charge on any atom is 0.186 e. The Morgan fingerprint density at radius 2 is 1.90 bits per heavy atom. The van der Waals surface area contributed by atoms with Crippen molar-refractivity contribution >= 4 is 28.1 Å². The summed E-state index contributed by atoms with van der Waals surface area (Å²) >= 11 is 8.17. The number of nitrogens with zero attached hydrogens (tertiary/aromatic N) is 4. The quantitative estimate of drug-likeness (QED) is 0.586. The van der Waals surface area contributed by atoms with Gasteiger partial charge in [0.1, 0.15) is 10.9 Å². The molecule has 2 aromatic rings. The molecule has 0 radical (unpaired) electrons. The molecule has 0 unspecified atom stereocenters. The Morgan fingerprint density at radius 3 is 2.48 bits per heavy atom. The number of halogens is 1. The second-order valence-electron chi connectivity index (χ2n) is 8.18. The van der Waals surface area contributed by atoms with Gasteiger partial charge in [-0.2, -0.15) is 0 Å². The molecule has 5 nitrogen and oxygen atoms in total. The molecule has 0 saturated carbocycles. The van der Waals surface area contributed by atoms with Gasteiger partial charge in [-0.3, -0.25) is 4.90 Å². The predicted octanol–water partition coefficient (Wildman–Crippen LogP) is 4.26. The fourth-order valence-electron chi connectivity index (χ4n) is 3.74. The molecule has 0 spiro atoms. The first kappa shape index (κ1) is 22.3. The van der Waals surface area contributed by atoms with E-state index in [0.717, 1.165) is 47.7 Å². The van der Waals surface area contributed by atoms with E-state index in [1.54, 1.807) is 18.4 Å². The zero-order chi connectivity index (χ0) is 20.8. The van der Waals surface area contributed by atoms with Gasteiger partial charge in [0.05, 0.1) is 12.0 Å². The average molecular weight is 437 g/mol. The van der Waals surface area contributed by atoms with Crippen LogP contribution in [0.4, 0.5) is 5.13 Å². The normalized spacial score (nSPS) is 15.8. The van der Waals surface area contributed by atoms with Crippen molar-refractivity contribution in [3.05, 3.63) is 39.9 Å². The zero-order valence-corrected chi connectivity index (χ0v) is 19.6. The van der Waals surface area contributed by atoms with Gasteiger partial charge in [-0.1, -0.05) is 35.1 Å². The minimum absolute atomic E-state index is 0.650. The van der Waals surface area contributed by atoms with Crippen molar-refractivity contribution < 1.29 is 4.74 Å². The van der Waals surface area contributed by atoms with Gasteiger partial charge in [-0.15, -0.1) is 0 Å². The smallest absolute Gasteiger partial charge is 0.186 e. The Bertz CT molecular complexity index is 757. The van der Waals surface area contributed by atoms with Crippen LogP contribution in [0.15, 0.2) is 24.3 Å². The Balaban J connectivity index is 1.66. The van der Waals surface area contributed by atoms with Crippen LogP contribution in [-0.4, -0.2) is 69.2 Å². The molecule has 0 amide bonds. The van der Waals surface area contributed by atoms with Crippen LogP contribution in [0.3, 0.4) is 0 Å². The van der Waals surface area contributed by atoms with Crippen molar-refractivity contribution in [2.24, 2.45) is 5.92 Å². The highest BCUT2D eigenvalue weighted by atomic mass is 35.5. The van der Waals surface area contributed by atoms with E-state index in [1.807, 2.05) is 31.1 Å². The Morgan fingerprint density at radius 1 is 1.21 bits per heavy atom. The molecule has 1 aliphatic rings. The molecule has 2 heterocycles. The summed E-state index contributed by atoms with van der Waals surface area (Å²) in [6.45, 7) is 5.40. The minimum Gasteiger partial charge on any atom is -0.497 e. The zero-order valence-electron chi connectivity index (χ0n) is 18.0. The first-order valence-electron chi connectivity index (χ1n) is 10.3.